The highest BCUT2D eigenvalue weighted by Crippen LogP contribution is 2.21. The van der Waals surface area contributed by atoms with E-state index in [0.717, 1.165) is 0 Å². The number of halogens is 1. The van der Waals surface area contributed by atoms with Crippen molar-refractivity contribution in [2.24, 2.45) is 0 Å². The zero-order valence-corrected chi connectivity index (χ0v) is 14.8. The van der Waals surface area contributed by atoms with Crippen molar-refractivity contribution >= 4 is 28.8 Å². The minimum absolute atomic E-state index is 0.0330. The maximum Gasteiger partial charge on any atom is 0.251 e. The summed E-state index contributed by atoms with van der Waals surface area (Å²) in [5.74, 6) is -0.0330. The van der Waals surface area contributed by atoms with Crippen molar-refractivity contribution in [3.05, 3.63) is 57.2 Å². The molecule has 1 aliphatic rings. The Morgan fingerprint density at radius 1 is 1.22 bits per heavy atom. The molecule has 3 nitrogen and oxygen atoms in total. The minimum Gasteiger partial charge on any atom is -0.343 e. The highest BCUT2D eigenvalue weighted by Gasteiger charge is 2.33. The first-order valence-corrected chi connectivity index (χ1v) is 9.35. The lowest BCUT2D eigenvalue weighted by Gasteiger charge is -2.29. The fraction of sp³-hybridized carbons (Fsp3) is 0.389. The summed E-state index contributed by atoms with van der Waals surface area (Å²) < 4.78 is 0. The summed E-state index contributed by atoms with van der Waals surface area (Å²) in [6.45, 7) is 4.48. The highest BCUT2D eigenvalue weighted by molar-refractivity contribution is 7.10. The van der Waals surface area contributed by atoms with Crippen LogP contribution in [-0.4, -0.2) is 25.0 Å². The molecule has 0 aliphatic carbocycles. The van der Waals surface area contributed by atoms with Crippen molar-refractivity contribution in [3.63, 3.8) is 0 Å². The van der Waals surface area contributed by atoms with Gasteiger partial charge in [-0.25, -0.2) is 0 Å². The van der Waals surface area contributed by atoms with Crippen molar-refractivity contribution in [2.75, 3.05) is 13.1 Å². The van der Waals surface area contributed by atoms with Gasteiger partial charge < -0.3 is 10.2 Å². The molecule has 122 valence electrons. The zero-order chi connectivity index (χ0) is 16.2. The van der Waals surface area contributed by atoms with Crippen molar-refractivity contribution in [3.8, 4) is 0 Å². The molecule has 0 radical (unpaired) electrons. The Kier molecular flexibility index (Phi) is 5.36. The molecule has 1 aliphatic heterocycles. The van der Waals surface area contributed by atoms with E-state index >= 15 is 0 Å². The predicted octanol–water partition coefficient (Wildman–Crippen LogP) is 2.94. The third-order valence-electron chi connectivity index (χ3n) is 4.50. The summed E-state index contributed by atoms with van der Waals surface area (Å²) in [6, 6.07) is 11.7. The zero-order valence-electron chi connectivity index (χ0n) is 13.2. The van der Waals surface area contributed by atoms with Crippen molar-refractivity contribution in [2.45, 2.75) is 31.8 Å². The number of rotatable bonds is 5. The predicted molar refractivity (Wildman–Crippen MR) is 95.4 cm³/mol. The van der Waals surface area contributed by atoms with Crippen LogP contribution in [0.4, 0.5) is 0 Å². The highest BCUT2D eigenvalue weighted by atomic mass is 35.5. The summed E-state index contributed by atoms with van der Waals surface area (Å²) in [5, 5.41) is 5.95. The van der Waals surface area contributed by atoms with E-state index in [1.807, 2.05) is 0 Å². The van der Waals surface area contributed by atoms with Crippen LogP contribution in [0.5, 0.6) is 0 Å². The number of amides is 1. The summed E-state index contributed by atoms with van der Waals surface area (Å²) in [5.41, 5.74) is 0.655. The van der Waals surface area contributed by atoms with Crippen LogP contribution in [0.2, 0.25) is 5.02 Å². The summed E-state index contributed by atoms with van der Waals surface area (Å²) in [6.07, 6.45) is 2.55. The van der Waals surface area contributed by atoms with Gasteiger partial charge in [0, 0.05) is 23.4 Å². The van der Waals surface area contributed by atoms with Gasteiger partial charge in [0.1, 0.15) is 6.04 Å². The Morgan fingerprint density at radius 2 is 1.91 bits per heavy atom. The first-order valence-electron chi connectivity index (χ1n) is 8.09. The van der Waals surface area contributed by atoms with Crippen molar-refractivity contribution in [1.82, 2.24) is 5.32 Å². The average molecular weight is 350 g/mol. The smallest absolute Gasteiger partial charge is 0.251 e. The van der Waals surface area contributed by atoms with Gasteiger partial charge in [-0.2, -0.15) is 0 Å². The van der Waals surface area contributed by atoms with Crippen LogP contribution < -0.4 is 10.2 Å². The fourth-order valence-corrected chi connectivity index (χ4v) is 4.50. The fourth-order valence-electron chi connectivity index (χ4n) is 3.38. The molecule has 5 heteroatoms. The van der Waals surface area contributed by atoms with Crippen LogP contribution >= 0.6 is 22.9 Å². The Labute approximate surface area is 146 Å². The SMILES string of the molecule is C[C@H](NC(=O)c1ccc(Cl)cc1)[C@@H](c1cccs1)[NH+]1CCCC1. The number of benzene rings is 1. The molecule has 1 aromatic carbocycles. The number of quaternary nitrogens is 1. The van der Waals surface area contributed by atoms with Crippen molar-refractivity contribution < 1.29 is 9.69 Å². The lowest BCUT2D eigenvalue weighted by Crippen LogP contribution is -3.11. The van der Waals surface area contributed by atoms with Crippen LogP contribution in [0.1, 0.15) is 41.0 Å². The van der Waals surface area contributed by atoms with E-state index < -0.39 is 0 Å². The molecule has 2 aromatic rings. The number of thiophene rings is 1. The molecule has 1 amide bonds. The van der Waals surface area contributed by atoms with Crippen LogP contribution in [-0.2, 0) is 0 Å². The normalized spacial score (nSPS) is 17.8. The molecule has 0 bridgehead atoms. The lowest BCUT2D eigenvalue weighted by atomic mass is 10.1. The molecule has 0 saturated carbocycles. The summed E-state index contributed by atoms with van der Waals surface area (Å²) >= 11 is 7.67. The quantitative estimate of drug-likeness (QED) is 0.855. The molecular formula is C18H22ClN2OS+. The maximum atomic E-state index is 12.5. The molecule has 0 spiro atoms. The Hall–Kier alpha value is -1.36. The number of likely N-dealkylation sites (tertiary alicyclic amines) is 1. The second-order valence-electron chi connectivity index (χ2n) is 6.13. The second kappa shape index (κ2) is 7.47. The van der Waals surface area contributed by atoms with Crippen LogP contribution in [0, 0.1) is 0 Å². The van der Waals surface area contributed by atoms with Crippen LogP contribution in [0.25, 0.3) is 0 Å². The number of hydrogen-bond acceptors (Lipinski definition) is 2. The standard InChI is InChI=1S/C18H21ClN2OS/c1-13(20-18(22)14-6-8-15(19)9-7-14)17(16-5-4-12-23-16)21-10-2-3-11-21/h4-9,12-13,17H,2-3,10-11H2,1H3,(H,20,22)/p+1/t13-,17-/m0/s1. The third kappa shape index (κ3) is 3.94. The average Bonchev–Trinajstić information content (AvgIpc) is 3.22. The Morgan fingerprint density at radius 3 is 2.52 bits per heavy atom. The number of hydrogen-bond donors (Lipinski definition) is 2. The second-order valence-corrected chi connectivity index (χ2v) is 7.54. The van der Waals surface area contributed by atoms with Gasteiger partial charge in [-0.3, -0.25) is 4.79 Å². The van der Waals surface area contributed by atoms with E-state index in [1.165, 1.54) is 30.8 Å². The van der Waals surface area contributed by atoms with E-state index in [0.29, 0.717) is 16.6 Å². The molecule has 1 fully saturated rings. The molecule has 2 atom stereocenters. The van der Waals surface area contributed by atoms with E-state index in [9.17, 15) is 4.79 Å². The van der Waals surface area contributed by atoms with Crippen molar-refractivity contribution in [1.29, 1.82) is 0 Å². The van der Waals surface area contributed by atoms with E-state index in [2.05, 4.69) is 29.8 Å². The monoisotopic (exact) mass is 349 g/mol. The van der Waals surface area contributed by atoms with E-state index in [-0.39, 0.29) is 11.9 Å². The van der Waals surface area contributed by atoms with Gasteiger partial charge in [0.05, 0.1) is 24.0 Å². The molecule has 2 heterocycles. The first-order chi connectivity index (χ1) is 11.1. The van der Waals surface area contributed by atoms with Crippen LogP contribution in [0.15, 0.2) is 41.8 Å². The number of nitrogens with one attached hydrogen (secondary N) is 2. The number of carbonyl (C=O) groups excluding carboxylic acids is 1. The molecule has 1 saturated heterocycles. The van der Waals surface area contributed by atoms with Gasteiger partial charge >= 0.3 is 0 Å². The maximum absolute atomic E-state index is 12.5. The topological polar surface area (TPSA) is 33.5 Å². The summed E-state index contributed by atoms with van der Waals surface area (Å²) in [7, 11) is 0. The number of carbonyl (C=O) groups is 1. The molecule has 23 heavy (non-hydrogen) atoms. The molecule has 1 aromatic heterocycles. The molecule has 2 N–H and O–H groups in total. The Balaban J connectivity index is 1.74. The molecule has 0 unspecified atom stereocenters. The molecule has 3 rings (SSSR count). The largest absolute Gasteiger partial charge is 0.343 e. The molecular weight excluding hydrogens is 328 g/mol. The third-order valence-corrected chi connectivity index (χ3v) is 5.71. The summed E-state index contributed by atoms with van der Waals surface area (Å²) in [4.78, 5) is 15.4. The van der Waals surface area contributed by atoms with Gasteiger partial charge in [-0.15, -0.1) is 11.3 Å². The van der Waals surface area contributed by atoms with Crippen LogP contribution in [0.3, 0.4) is 0 Å². The lowest BCUT2D eigenvalue weighted by molar-refractivity contribution is -0.920. The van der Waals surface area contributed by atoms with Gasteiger partial charge in [0.25, 0.3) is 5.91 Å². The van der Waals surface area contributed by atoms with Gasteiger partial charge in [0.2, 0.25) is 0 Å². The minimum atomic E-state index is -0.0330. The Bertz CT molecular complexity index is 636. The van der Waals surface area contributed by atoms with Gasteiger partial charge in [0.15, 0.2) is 0 Å². The van der Waals surface area contributed by atoms with Gasteiger partial charge in [-0.05, 0) is 42.6 Å². The van der Waals surface area contributed by atoms with E-state index in [4.69, 9.17) is 11.6 Å². The van der Waals surface area contributed by atoms with E-state index in [1.54, 1.807) is 40.5 Å². The first kappa shape index (κ1) is 16.5. The van der Waals surface area contributed by atoms with Gasteiger partial charge in [-0.1, -0.05) is 17.7 Å².